The molecule has 28 heavy (non-hydrogen) atoms. The molecule has 1 aliphatic rings. The van der Waals surface area contributed by atoms with E-state index in [4.69, 9.17) is 5.73 Å². The second kappa shape index (κ2) is 7.70. The summed E-state index contributed by atoms with van der Waals surface area (Å²) in [6.07, 6.45) is 4.17. The van der Waals surface area contributed by atoms with Gasteiger partial charge in [-0.15, -0.1) is 0 Å². The van der Waals surface area contributed by atoms with Crippen LogP contribution in [0, 0.1) is 3.57 Å². The Balaban J connectivity index is 1.86. The van der Waals surface area contributed by atoms with Gasteiger partial charge in [-0.3, -0.25) is 18.9 Å². The fourth-order valence-corrected chi connectivity index (χ4v) is 4.36. The minimum absolute atomic E-state index is 0.0426. The van der Waals surface area contributed by atoms with E-state index < -0.39 is 11.2 Å². The van der Waals surface area contributed by atoms with Gasteiger partial charge >= 0.3 is 5.69 Å². The molecule has 0 unspecified atom stereocenters. The van der Waals surface area contributed by atoms with Crippen molar-refractivity contribution in [2.24, 2.45) is 12.8 Å². The third-order valence-electron chi connectivity index (χ3n) is 5.43. The summed E-state index contributed by atoms with van der Waals surface area (Å²) in [7, 11) is 1.61. The lowest BCUT2D eigenvalue weighted by molar-refractivity contribution is 0.401. The number of H-pyrrole nitrogens is 1. The molecule has 1 saturated carbocycles. The molecule has 148 valence electrons. The van der Waals surface area contributed by atoms with Gasteiger partial charge in [0.15, 0.2) is 11.2 Å². The number of aromatic amines is 1. The summed E-state index contributed by atoms with van der Waals surface area (Å²) >= 11 is 2.28. The minimum atomic E-state index is -0.475. The van der Waals surface area contributed by atoms with Crippen LogP contribution in [-0.2, 0) is 13.6 Å². The van der Waals surface area contributed by atoms with Crippen molar-refractivity contribution in [2.75, 3.05) is 5.32 Å². The minimum Gasteiger partial charge on any atom is -0.351 e. The SMILES string of the molecule is Cn1c(=O)[nH]c(=O)c2c1nc(N[C@H]1CCCC[C@@H]1N)n2Cc1ccccc1I. The van der Waals surface area contributed by atoms with Crippen molar-refractivity contribution < 1.29 is 0 Å². The molecule has 0 amide bonds. The summed E-state index contributed by atoms with van der Waals surface area (Å²) in [4.78, 5) is 31.7. The Morgan fingerprint density at radius 3 is 2.79 bits per heavy atom. The molecule has 2 heterocycles. The predicted molar refractivity (Wildman–Crippen MR) is 118 cm³/mol. The zero-order valence-electron chi connectivity index (χ0n) is 15.6. The number of hydrogen-bond donors (Lipinski definition) is 3. The molecule has 3 aromatic rings. The zero-order chi connectivity index (χ0) is 19.8. The Hall–Kier alpha value is -2.14. The van der Waals surface area contributed by atoms with Crippen molar-refractivity contribution in [3.05, 3.63) is 54.2 Å². The Morgan fingerprint density at radius 1 is 1.29 bits per heavy atom. The summed E-state index contributed by atoms with van der Waals surface area (Å²) in [6, 6.07) is 8.14. The number of hydrogen-bond acceptors (Lipinski definition) is 5. The molecule has 2 aromatic heterocycles. The number of benzene rings is 1. The molecular weight excluding hydrogens is 471 g/mol. The highest BCUT2D eigenvalue weighted by atomic mass is 127. The van der Waals surface area contributed by atoms with Gasteiger partial charge in [0, 0.05) is 22.7 Å². The number of fused-ring (bicyclic) bond motifs is 1. The van der Waals surface area contributed by atoms with Crippen molar-refractivity contribution in [3.8, 4) is 0 Å². The van der Waals surface area contributed by atoms with Crippen LogP contribution in [-0.4, -0.2) is 31.2 Å². The van der Waals surface area contributed by atoms with E-state index in [1.54, 1.807) is 7.05 Å². The van der Waals surface area contributed by atoms with E-state index in [2.05, 4.69) is 37.9 Å². The maximum absolute atomic E-state index is 12.6. The second-order valence-corrected chi connectivity index (χ2v) is 8.46. The van der Waals surface area contributed by atoms with Crippen LogP contribution >= 0.6 is 22.6 Å². The Morgan fingerprint density at radius 2 is 2.04 bits per heavy atom. The van der Waals surface area contributed by atoms with Crippen LogP contribution < -0.4 is 22.3 Å². The molecule has 0 bridgehead atoms. The quantitative estimate of drug-likeness (QED) is 0.479. The molecule has 4 N–H and O–H groups in total. The molecular formula is C19H23IN6O2. The molecule has 1 fully saturated rings. The molecule has 8 nitrogen and oxygen atoms in total. The summed E-state index contributed by atoms with van der Waals surface area (Å²) in [5, 5.41) is 3.46. The Bertz CT molecular complexity index is 1130. The van der Waals surface area contributed by atoms with E-state index in [1.165, 1.54) is 4.57 Å². The van der Waals surface area contributed by atoms with Gasteiger partial charge in [0.1, 0.15) is 0 Å². The average Bonchev–Trinajstić information content (AvgIpc) is 3.02. The standard InChI is InChI=1S/C19H23IN6O2/c1-25-16-15(17(27)24-19(25)28)26(10-11-6-2-3-7-12(11)20)18(23-16)22-14-9-5-4-8-13(14)21/h2-3,6-7,13-14H,4-5,8-10,21H2,1H3,(H,22,23)(H,24,27,28)/t13-,14-/m0/s1. The third kappa shape index (κ3) is 3.48. The summed E-state index contributed by atoms with van der Waals surface area (Å²) in [6.45, 7) is 0.473. The van der Waals surface area contributed by atoms with Crippen molar-refractivity contribution in [3.63, 3.8) is 0 Å². The van der Waals surface area contributed by atoms with Crippen LogP contribution in [0.4, 0.5) is 5.95 Å². The van der Waals surface area contributed by atoms with Gasteiger partial charge in [-0.2, -0.15) is 4.98 Å². The van der Waals surface area contributed by atoms with Crippen LogP contribution in [0.1, 0.15) is 31.2 Å². The number of nitrogens with one attached hydrogen (secondary N) is 2. The van der Waals surface area contributed by atoms with Gasteiger partial charge in [-0.25, -0.2) is 4.79 Å². The molecule has 0 spiro atoms. The molecule has 4 rings (SSSR count). The number of aryl methyl sites for hydroxylation is 1. The first kappa shape index (κ1) is 19.2. The topological polar surface area (TPSA) is 111 Å². The van der Waals surface area contributed by atoms with Crippen LogP contribution in [0.5, 0.6) is 0 Å². The number of halogens is 1. The van der Waals surface area contributed by atoms with Crippen molar-refractivity contribution in [1.82, 2.24) is 19.1 Å². The van der Waals surface area contributed by atoms with Crippen molar-refractivity contribution in [1.29, 1.82) is 0 Å². The number of aromatic nitrogens is 4. The van der Waals surface area contributed by atoms with Gasteiger partial charge in [0.05, 0.1) is 6.54 Å². The zero-order valence-corrected chi connectivity index (χ0v) is 17.8. The third-order valence-corrected chi connectivity index (χ3v) is 6.48. The lowest BCUT2D eigenvalue weighted by Crippen LogP contribution is -2.43. The lowest BCUT2D eigenvalue weighted by atomic mass is 9.91. The highest BCUT2D eigenvalue weighted by Gasteiger charge is 2.25. The summed E-state index contributed by atoms with van der Waals surface area (Å²) < 4.78 is 4.32. The van der Waals surface area contributed by atoms with Crippen LogP contribution in [0.2, 0.25) is 0 Å². The van der Waals surface area contributed by atoms with Crippen molar-refractivity contribution in [2.45, 2.75) is 44.3 Å². The smallest absolute Gasteiger partial charge is 0.329 e. The maximum atomic E-state index is 12.6. The number of rotatable bonds is 4. The van der Waals surface area contributed by atoms with E-state index >= 15 is 0 Å². The monoisotopic (exact) mass is 494 g/mol. The Labute approximate surface area is 175 Å². The van der Waals surface area contributed by atoms with E-state index in [1.807, 2.05) is 28.8 Å². The summed E-state index contributed by atoms with van der Waals surface area (Å²) in [5.74, 6) is 0.573. The predicted octanol–water partition coefficient (Wildman–Crippen LogP) is 1.76. The highest BCUT2D eigenvalue weighted by molar-refractivity contribution is 14.1. The molecule has 0 radical (unpaired) electrons. The molecule has 2 atom stereocenters. The number of anilines is 1. The van der Waals surface area contributed by atoms with Crippen LogP contribution in [0.15, 0.2) is 33.9 Å². The number of nitrogens with two attached hydrogens (primary N) is 1. The van der Waals surface area contributed by atoms with E-state index in [0.29, 0.717) is 23.7 Å². The lowest BCUT2D eigenvalue weighted by Gasteiger charge is -2.29. The first-order valence-electron chi connectivity index (χ1n) is 9.41. The molecule has 0 aliphatic heterocycles. The van der Waals surface area contributed by atoms with Crippen LogP contribution in [0.25, 0.3) is 11.2 Å². The maximum Gasteiger partial charge on any atom is 0.329 e. The van der Waals surface area contributed by atoms with E-state index in [9.17, 15) is 9.59 Å². The van der Waals surface area contributed by atoms with E-state index in [-0.39, 0.29) is 12.1 Å². The molecule has 9 heteroatoms. The van der Waals surface area contributed by atoms with E-state index in [0.717, 1.165) is 34.8 Å². The van der Waals surface area contributed by atoms with Gasteiger partial charge < -0.3 is 11.1 Å². The largest absolute Gasteiger partial charge is 0.351 e. The number of imidazole rings is 1. The van der Waals surface area contributed by atoms with Crippen molar-refractivity contribution >= 4 is 39.7 Å². The van der Waals surface area contributed by atoms with Gasteiger partial charge in [0.25, 0.3) is 5.56 Å². The molecule has 1 aliphatic carbocycles. The normalized spacial score (nSPS) is 19.8. The second-order valence-electron chi connectivity index (χ2n) is 7.30. The average molecular weight is 494 g/mol. The molecule has 0 saturated heterocycles. The van der Waals surface area contributed by atoms with Gasteiger partial charge in [-0.05, 0) is 47.1 Å². The van der Waals surface area contributed by atoms with Gasteiger partial charge in [0.2, 0.25) is 5.95 Å². The van der Waals surface area contributed by atoms with Gasteiger partial charge in [-0.1, -0.05) is 31.0 Å². The highest BCUT2D eigenvalue weighted by Crippen LogP contribution is 2.24. The first-order chi connectivity index (χ1) is 13.5. The summed E-state index contributed by atoms with van der Waals surface area (Å²) in [5.41, 5.74) is 7.23. The number of nitrogens with zero attached hydrogens (tertiary/aromatic N) is 3. The first-order valence-corrected chi connectivity index (χ1v) is 10.5. The fraction of sp³-hybridized carbons (Fsp3) is 0.421. The van der Waals surface area contributed by atoms with Crippen LogP contribution in [0.3, 0.4) is 0 Å². The Kier molecular flexibility index (Phi) is 5.28. The fourth-order valence-electron chi connectivity index (χ4n) is 3.80. The molecule has 1 aromatic carbocycles.